The Kier molecular flexibility index (Phi) is 2.71. The molecule has 1 aromatic carbocycles. The minimum atomic E-state index is 0.324. The summed E-state index contributed by atoms with van der Waals surface area (Å²) in [7, 11) is 1.67. The molecule has 66 valence electrons. The number of ether oxygens (including phenoxy) is 1. The van der Waals surface area contributed by atoms with Crippen molar-refractivity contribution in [1.82, 2.24) is 0 Å². The Morgan fingerprint density at radius 3 is 2.17 bits per heavy atom. The quantitative estimate of drug-likeness (QED) is 0.729. The highest BCUT2D eigenvalue weighted by Crippen LogP contribution is 2.20. The minimum absolute atomic E-state index is 0.324. The SMILES string of the molecule is COCc1c(C)cc(O)cc1C. The molecule has 1 N–H and O–H groups in total. The summed E-state index contributed by atoms with van der Waals surface area (Å²) in [5.74, 6) is 0.324. The molecular formula is C10H14O2. The van der Waals surface area contributed by atoms with Crippen molar-refractivity contribution in [2.45, 2.75) is 20.5 Å². The number of hydrogen-bond acceptors (Lipinski definition) is 2. The standard InChI is InChI=1S/C10H14O2/c1-7-4-9(11)5-8(2)10(7)6-12-3/h4-5,11H,6H2,1-3H3. The van der Waals surface area contributed by atoms with Crippen LogP contribution in [-0.2, 0) is 11.3 Å². The first-order valence-electron chi connectivity index (χ1n) is 3.93. The van der Waals surface area contributed by atoms with Crippen molar-refractivity contribution in [3.8, 4) is 5.75 Å². The monoisotopic (exact) mass is 166 g/mol. The zero-order chi connectivity index (χ0) is 9.14. The predicted octanol–water partition coefficient (Wildman–Crippen LogP) is 2.16. The topological polar surface area (TPSA) is 29.5 Å². The molecule has 0 aliphatic rings. The fourth-order valence-electron chi connectivity index (χ4n) is 1.34. The lowest BCUT2D eigenvalue weighted by molar-refractivity contribution is 0.184. The lowest BCUT2D eigenvalue weighted by atomic mass is 10.0. The molecule has 0 aliphatic heterocycles. The molecule has 0 fully saturated rings. The van der Waals surface area contributed by atoms with E-state index < -0.39 is 0 Å². The van der Waals surface area contributed by atoms with Gasteiger partial charge in [0.25, 0.3) is 0 Å². The summed E-state index contributed by atoms with van der Waals surface area (Å²) in [5.41, 5.74) is 3.32. The molecule has 0 aromatic heterocycles. The Labute approximate surface area is 72.8 Å². The fourth-order valence-corrected chi connectivity index (χ4v) is 1.34. The van der Waals surface area contributed by atoms with E-state index >= 15 is 0 Å². The number of phenolic OH excluding ortho intramolecular Hbond substituents is 1. The van der Waals surface area contributed by atoms with Crippen molar-refractivity contribution >= 4 is 0 Å². The summed E-state index contributed by atoms with van der Waals surface area (Å²) in [6.45, 7) is 4.56. The van der Waals surface area contributed by atoms with Crippen LogP contribution in [0.2, 0.25) is 0 Å². The third kappa shape index (κ3) is 1.77. The maximum Gasteiger partial charge on any atom is 0.116 e. The molecule has 1 rings (SSSR count). The van der Waals surface area contributed by atoms with E-state index in [1.54, 1.807) is 19.2 Å². The second-order valence-corrected chi connectivity index (χ2v) is 2.99. The van der Waals surface area contributed by atoms with Gasteiger partial charge in [0.15, 0.2) is 0 Å². The van der Waals surface area contributed by atoms with Crippen LogP contribution in [0.5, 0.6) is 5.75 Å². The number of methoxy groups -OCH3 is 1. The zero-order valence-electron chi connectivity index (χ0n) is 7.72. The Hall–Kier alpha value is -1.02. The molecule has 2 nitrogen and oxygen atoms in total. The Morgan fingerprint density at radius 1 is 1.25 bits per heavy atom. The van der Waals surface area contributed by atoms with Gasteiger partial charge in [-0.05, 0) is 42.7 Å². The van der Waals surface area contributed by atoms with Crippen molar-refractivity contribution in [2.24, 2.45) is 0 Å². The summed E-state index contributed by atoms with van der Waals surface area (Å²) in [6.07, 6.45) is 0. The maximum atomic E-state index is 9.25. The second kappa shape index (κ2) is 3.59. The third-order valence-electron chi connectivity index (χ3n) is 1.97. The van der Waals surface area contributed by atoms with Crippen LogP contribution in [0, 0.1) is 13.8 Å². The molecule has 2 heteroatoms. The van der Waals surface area contributed by atoms with Gasteiger partial charge in [0.1, 0.15) is 5.75 Å². The third-order valence-corrected chi connectivity index (χ3v) is 1.97. The van der Waals surface area contributed by atoms with Gasteiger partial charge in [-0.2, -0.15) is 0 Å². The first-order chi connectivity index (χ1) is 5.65. The molecule has 0 aliphatic carbocycles. The highest BCUT2D eigenvalue weighted by molar-refractivity contribution is 5.39. The number of aromatic hydroxyl groups is 1. The normalized spacial score (nSPS) is 10.2. The van der Waals surface area contributed by atoms with Crippen molar-refractivity contribution < 1.29 is 9.84 Å². The second-order valence-electron chi connectivity index (χ2n) is 2.99. The van der Waals surface area contributed by atoms with E-state index in [1.807, 2.05) is 13.8 Å². The van der Waals surface area contributed by atoms with Gasteiger partial charge in [-0.15, -0.1) is 0 Å². The lowest BCUT2D eigenvalue weighted by Gasteiger charge is -2.08. The van der Waals surface area contributed by atoms with E-state index in [0.717, 1.165) is 16.7 Å². The Balaban J connectivity index is 3.10. The smallest absolute Gasteiger partial charge is 0.116 e. The van der Waals surface area contributed by atoms with E-state index in [0.29, 0.717) is 12.4 Å². The van der Waals surface area contributed by atoms with Crippen molar-refractivity contribution in [2.75, 3.05) is 7.11 Å². The van der Waals surface area contributed by atoms with E-state index in [1.165, 1.54) is 0 Å². The number of phenols is 1. The van der Waals surface area contributed by atoms with E-state index in [2.05, 4.69) is 0 Å². The van der Waals surface area contributed by atoms with Crippen molar-refractivity contribution in [3.05, 3.63) is 28.8 Å². The largest absolute Gasteiger partial charge is 0.508 e. The van der Waals surface area contributed by atoms with Gasteiger partial charge in [-0.3, -0.25) is 0 Å². The first-order valence-corrected chi connectivity index (χ1v) is 3.93. The highest BCUT2D eigenvalue weighted by Gasteiger charge is 2.03. The maximum absolute atomic E-state index is 9.25. The Bertz CT molecular complexity index is 256. The average molecular weight is 166 g/mol. The van der Waals surface area contributed by atoms with Crippen LogP contribution >= 0.6 is 0 Å². The molecule has 1 aromatic rings. The number of aryl methyl sites for hydroxylation is 2. The molecule has 0 atom stereocenters. The summed E-state index contributed by atoms with van der Waals surface area (Å²) in [5, 5.41) is 9.25. The molecular weight excluding hydrogens is 152 g/mol. The summed E-state index contributed by atoms with van der Waals surface area (Å²) in [4.78, 5) is 0. The van der Waals surface area contributed by atoms with Crippen molar-refractivity contribution in [1.29, 1.82) is 0 Å². The van der Waals surface area contributed by atoms with Crippen LogP contribution in [0.4, 0.5) is 0 Å². The van der Waals surface area contributed by atoms with Gasteiger partial charge < -0.3 is 9.84 Å². The van der Waals surface area contributed by atoms with Gasteiger partial charge in [0.05, 0.1) is 6.61 Å². The van der Waals surface area contributed by atoms with Gasteiger partial charge >= 0.3 is 0 Å². The number of rotatable bonds is 2. The zero-order valence-corrected chi connectivity index (χ0v) is 7.72. The highest BCUT2D eigenvalue weighted by atomic mass is 16.5. The van der Waals surface area contributed by atoms with Crippen LogP contribution in [0.3, 0.4) is 0 Å². The minimum Gasteiger partial charge on any atom is -0.508 e. The van der Waals surface area contributed by atoms with E-state index in [9.17, 15) is 5.11 Å². The van der Waals surface area contributed by atoms with Gasteiger partial charge in [0.2, 0.25) is 0 Å². The van der Waals surface area contributed by atoms with Crippen LogP contribution < -0.4 is 0 Å². The van der Waals surface area contributed by atoms with Crippen LogP contribution in [0.15, 0.2) is 12.1 Å². The van der Waals surface area contributed by atoms with E-state index in [-0.39, 0.29) is 0 Å². The number of hydrogen-bond donors (Lipinski definition) is 1. The van der Waals surface area contributed by atoms with Crippen LogP contribution in [0.1, 0.15) is 16.7 Å². The summed E-state index contributed by atoms with van der Waals surface area (Å²) >= 11 is 0. The molecule has 0 unspecified atom stereocenters. The molecule has 0 amide bonds. The summed E-state index contributed by atoms with van der Waals surface area (Å²) < 4.78 is 5.05. The first kappa shape index (κ1) is 9.07. The van der Waals surface area contributed by atoms with Crippen LogP contribution in [0.25, 0.3) is 0 Å². The fraction of sp³-hybridized carbons (Fsp3) is 0.400. The lowest BCUT2D eigenvalue weighted by Crippen LogP contribution is -1.95. The molecule has 0 bridgehead atoms. The van der Waals surface area contributed by atoms with E-state index in [4.69, 9.17) is 4.74 Å². The van der Waals surface area contributed by atoms with Gasteiger partial charge in [-0.1, -0.05) is 0 Å². The van der Waals surface area contributed by atoms with Crippen LogP contribution in [-0.4, -0.2) is 12.2 Å². The molecule has 12 heavy (non-hydrogen) atoms. The molecule has 0 heterocycles. The molecule has 0 saturated carbocycles. The van der Waals surface area contributed by atoms with Gasteiger partial charge in [0, 0.05) is 7.11 Å². The Morgan fingerprint density at radius 2 is 1.75 bits per heavy atom. The number of benzene rings is 1. The predicted molar refractivity (Wildman–Crippen MR) is 48.3 cm³/mol. The summed E-state index contributed by atoms with van der Waals surface area (Å²) in [6, 6.07) is 3.50. The molecule has 0 spiro atoms. The molecule has 0 saturated heterocycles. The van der Waals surface area contributed by atoms with Gasteiger partial charge in [-0.25, -0.2) is 0 Å². The van der Waals surface area contributed by atoms with Crippen molar-refractivity contribution in [3.63, 3.8) is 0 Å². The average Bonchev–Trinajstić information content (AvgIpc) is 1.96. The molecule has 0 radical (unpaired) electrons.